The number of aromatic carboxylic acids is 1. The van der Waals surface area contributed by atoms with Crippen LogP contribution in [0.15, 0.2) is 24.3 Å². The van der Waals surface area contributed by atoms with Crippen LogP contribution in [0.3, 0.4) is 0 Å². The van der Waals surface area contributed by atoms with E-state index in [0.717, 1.165) is 11.5 Å². The fourth-order valence-corrected chi connectivity index (χ4v) is 1.85. The van der Waals surface area contributed by atoms with Gasteiger partial charge in [-0.1, -0.05) is 5.21 Å². The van der Waals surface area contributed by atoms with Crippen molar-refractivity contribution in [2.24, 2.45) is 0 Å². The number of nitrogens with zero attached hydrogens (tertiary/aromatic N) is 3. The minimum absolute atomic E-state index is 0.00827. The maximum Gasteiger partial charge on any atom is 0.358 e. The maximum absolute atomic E-state index is 10.9. The molecule has 0 aliphatic heterocycles. The predicted octanol–water partition coefficient (Wildman–Crippen LogP) is 1.76. The lowest BCUT2D eigenvalue weighted by Gasteiger charge is -2.07. The van der Waals surface area contributed by atoms with Crippen molar-refractivity contribution in [3.05, 3.63) is 35.7 Å². The Morgan fingerprint density at radius 1 is 1.29 bits per heavy atom. The molecule has 0 atom stereocenters. The van der Waals surface area contributed by atoms with Gasteiger partial charge >= 0.3 is 5.97 Å². The average molecular weight is 291 g/mol. The second-order valence-electron chi connectivity index (χ2n) is 4.43. The van der Waals surface area contributed by atoms with Crippen molar-refractivity contribution in [1.82, 2.24) is 15.0 Å². The number of hydrogen-bond donors (Lipinski definition) is 1. The summed E-state index contributed by atoms with van der Waals surface area (Å²) in [4.78, 5) is 10.9. The molecule has 0 spiro atoms. The predicted molar refractivity (Wildman–Crippen MR) is 74.8 cm³/mol. The molecule has 0 bridgehead atoms. The van der Waals surface area contributed by atoms with Gasteiger partial charge in [0.25, 0.3) is 0 Å². The topological polar surface area (TPSA) is 86.5 Å². The molecule has 7 heteroatoms. The quantitative estimate of drug-likeness (QED) is 0.782. The van der Waals surface area contributed by atoms with E-state index < -0.39 is 5.97 Å². The van der Waals surface area contributed by atoms with Crippen LogP contribution in [0.4, 0.5) is 0 Å². The van der Waals surface area contributed by atoms with Gasteiger partial charge in [-0.2, -0.15) is 0 Å². The van der Waals surface area contributed by atoms with E-state index in [-0.39, 0.29) is 5.69 Å². The van der Waals surface area contributed by atoms with Gasteiger partial charge < -0.3 is 14.6 Å². The van der Waals surface area contributed by atoms with E-state index in [1.807, 2.05) is 24.3 Å². The number of carboxylic acids is 1. The monoisotopic (exact) mass is 291 g/mol. The molecule has 0 fully saturated rings. The van der Waals surface area contributed by atoms with E-state index in [4.69, 9.17) is 14.6 Å². The van der Waals surface area contributed by atoms with Gasteiger partial charge in [0.2, 0.25) is 0 Å². The molecule has 0 unspecified atom stereocenters. The van der Waals surface area contributed by atoms with Crippen LogP contribution in [0.1, 0.15) is 22.6 Å². The number of aryl methyl sites for hydroxylation is 1. The minimum atomic E-state index is -1.06. The van der Waals surface area contributed by atoms with Gasteiger partial charge in [-0.15, -0.1) is 5.10 Å². The minimum Gasteiger partial charge on any atom is -0.497 e. The van der Waals surface area contributed by atoms with Crippen molar-refractivity contribution in [3.63, 3.8) is 0 Å². The molecule has 0 saturated carbocycles. The molecule has 0 amide bonds. The molecule has 0 saturated heterocycles. The summed E-state index contributed by atoms with van der Waals surface area (Å²) in [6.07, 6.45) is 0.704. The van der Waals surface area contributed by atoms with Gasteiger partial charge in [0, 0.05) is 13.0 Å². The number of methoxy groups -OCH3 is 1. The fraction of sp³-hybridized carbons (Fsp3) is 0.357. The molecule has 0 aliphatic rings. The van der Waals surface area contributed by atoms with Gasteiger partial charge in [0.05, 0.1) is 19.4 Å². The van der Waals surface area contributed by atoms with Gasteiger partial charge in [0.1, 0.15) is 11.5 Å². The highest BCUT2D eigenvalue weighted by Gasteiger charge is 2.14. The molecule has 7 nitrogen and oxygen atoms in total. The molecule has 0 aliphatic carbocycles. The number of rotatable bonds is 7. The van der Waals surface area contributed by atoms with Crippen molar-refractivity contribution in [1.29, 1.82) is 0 Å². The van der Waals surface area contributed by atoms with E-state index in [1.54, 1.807) is 18.7 Å². The first-order valence-corrected chi connectivity index (χ1v) is 6.52. The second-order valence-corrected chi connectivity index (χ2v) is 4.43. The highest BCUT2D eigenvalue weighted by Crippen LogP contribution is 2.17. The fourth-order valence-electron chi connectivity index (χ4n) is 1.85. The molecular formula is C14H17N3O4. The molecule has 2 aromatic rings. The van der Waals surface area contributed by atoms with Gasteiger partial charge in [-0.25, -0.2) is 9.48 Å². The van der Waals surface area contributed by atoms with E-state index in [2.05, 4.69) is 10.3 Å². The van der Waals surface area contributed by atoms with E-state index in [9.17, 15) is 4.79 Å². The lowest BCUT2D eigenvalue weighted by atomic mass is 10.3. The summed E-state index contributed by atoms with van der Waals surface area (Å²) in [7, 11) is 1.61. The molecule has 1 N–H and O–H groups in total. The second kappa shape index (κ2) is 6.74. The SMILES string of the molecule is COc1ccc(OCCCn2nnc(C(=O)O)c2C)cc1. The third kappa shape index (κ3) is 3.71. The number of carbonyl (C=O) groups is 1. The zero-order valence-corrected chi connectivity index (χ0v) is 11.9. The number of aromatic nitrogens is 3. The van der Waals surface area contributed by atoms with Crippen LogP contribution in [-0.4, -0.2) is 39.8 Å². The summed E-state index contributed by atoms with van der Waals surface area (Å²) in [5.41, 5.74) is 0.540. The zero-order valence-electron chi connectivity index (χ0n) is 11.9. The Bertz CT molecular complexity index is 607. The van der Waals surface area contributed by atoms with E-state index >= 15 is 0 Å². The summed E-state index contributed by atoms with van der Waals surface area (Å²) in [5.74, 6) is 0.479. The van der Waals surface area contributed by atoms with Crippen molar-refractivity contribution >= 4 is 5.97 Å². The van der Waals surface area contributed by atoms with Gasteiger partial charge in [-0.05, 0) is 31.2 Å². The highest BCUT2D eigenvalue weighted by molar-refractivity contribution is 5.86. The van der Waals surface area contributed by atoms with Crippen molar-refractivity contribution < 1.29 is 19.4 Å². The first kappa shape index (κ1) is 14.8. The Labute approximate surface area is 122 Å². The zero-order chi connectivity index (χ0) is 15.2. The molecule has 112 valence electrons. The summed E-state index contributed by atoms with van der Waals surface area (Å²) in [6.45, 7) is 2.75. The van der Waals surface area contributed by atoms with Crippen molar-refractivity contribution in [3.8, 4) is 11.5 Å². The number of ether oxygens (including phenoxy) is 2. The number of carboxylic acid groups (broad SMARTS) is 1. The van der Waals surface area contributed by atoms with Crippen LogP contribution in [0.5, 0.6) is 11.5 Å². The average Bonchev–Trinajstić information content (AvgIpc) is 2.85. The molecule has 0 radical (unpaired) electrons. The Morgan fingerprint density at radius 3 is 2.52 bits per heavy atom. The standard InChI is InChI=1S/C14H17N3O4/c1-10-13(14(18)19)15-16-17(10)8-3-9-21-12-6-4-11(20-2)5-7-12/h4-7H,3,8-9H2,1-2H3,(H,18,19). The van der Waals surface area contributed by atoms with Crippen LogP contribution >= 0.6 is 0 Å². The Kier molecular flexibility index (Phi) is 4.76. The molecule has 1 aromatic carbocycles. The molecule has 21 heavy (non-hydrogen) atoms. The van der Waals surface area contributed by atoms with Crippen LogP contribution in [0, 0.1) is 6.92 Å². The summed E-state index contributed by atoms with van der Waals surface area (Å²) < 4.78 is 12.2. The smallest absolute Gasteiger partial charge is 0.358 e. The van der Waals surface area contributed by atoms with Crippen LogP contribution in [0.2, 0.25) is 0 Å². The normalized spacial score (nSPS) is 10.4. The summed E-state index contributed by atoms with van der Waals surface area (Å²) in [5, 5.41) is 16.3. The van der Waals surface area contributed by atoms with Crippen LogP contribution in [-0.2, 0) is 6.54 Å². The van der Waals surface area contributed by atoms with Crippen LogP contribution < -0.4 is 9.47 Å². The van der Waals surface area contributed by atoms with Crippen molar-refractivity contribution in [2.45, 2.75) is 19.9 Å². The molecule has 1 aromatic heterocycles. The van der Waals surface area contributed by atoms with Gasteiger partial charge in [0.15, 0.2) is 5.69 Å². The molecule has 1 heterocycles. The first-order valence-electron chi connectivity index (χ1n) is 6.52. The molecule has 2 rings (SSSR count). The number of hydrogen-bond acceptors (Lipinski definition) is 5. The third-order valence-electron chi connectivity index (χ3n) is 3.03. The lowest BCUT2D eigenvalue weighted by Crippen LogP contribution is -2.08. The highest BCUT2D eigenvalue weighted by atomic mass is 16.5. The van der Waals surface area contributed by atoms with Crippen molar-refractivity contribution in [2.75, 3.05) is 13.7 Å². The molecular weight excluding hydrogens is 274 g/mol. The van der Waals surface area contributed by atoms with E-state index in [0.29, 0.717) is 25.3 Å². The lowest BCUT2D eigenvalue weighted by molar-refractivity contribution is 0.0689. The summed E-state index contributed by atoms with van der Waals surface area (Å²) >= 11 is 0. The summed E-state index contributed by atoms with van der Waals surface area (Å²) in [6, 6.07) is 7.33. The Balaban J connectivity index is 1.80. The Hall–Kier alpha value is -2.57. The third-order valence-corrected chi connectivity index (χ3v) is 3.03. The number of benzene rings is 1. The van der Waals surface area contributed by atoms with Gasteiger partial charge in [-0.3, -0.25) is 0 Å². The largest absolute Gasteiger partial charge is 0.497 e. The Morgan fingerprint density at radius 2 is 1.95 bits per heavy atom. The first-order chi connectivity index (χ1) is 10.1. The maximum atomic E-state index is 10.9. The van der Waals surface area contributed by atoms with Crippen LogP contribution in [0.25, 0.3) is 0 Å². The van der Waals surface area contributed by atoms with E-state index in [1.165, 1.54) is 0 Å².